The first-order valence-electron chi connectivity index (χ1n) is 8.23. The number of carbonyl (C=O) groups excluding carboxylic acids is 1. The molecule has 3 rings (SSSR count). The molecule has 2 aromatic rings. The van der Waals surface area contributed by atoms with Gasteiger partial charge < -0.3 is 14.0 Å². The highest BCUT2D eigenvalue weighted by Crippen LogP contribution is 2.36. The Morgan fingerprint density at radius 3 is 2.80 bits per heavy atom. The third kappa shape index (κ3) is 3.84. The van der Waals surface area contributed by atoms with E-state index in [-0.39, 0.29) is 17.9 Å². The van der Waals surface area contributed by atoms with Crippen molar-refractivity contribution < 1.29 is 14.3 Å². The minimum absolute atomic E-state index is 0.00699. The zero-order valence-corrected chi connectivity index (χ0v) is 14.9. The van der Waals surface area contributed by atoms with Crippen molar-refractivity contribution in [1.29, 1.82) is 0 Å². The smallest absolute Gasteiger partial charge is 0.284 e. The highest BCUT2D eigenvalue weighted by Gasteiger charge is 2.28. The molecule has 1 aromatic carbocycles. The summed E-state index contributed by atoms with van der Waals surface area (Å²) in [5.74, 6) is 0.909. The standard InChI is InChI=1S/C19H23N3O3/c1-19(2,3)13-7-8-15-16(10-13)25-17(12-24-15)18(23)21-20-11-14-6-5-9-22(14)4/h5-11,17H,12H2,1-4H3,(H,21,23)/t17-/m0/s1. The molecule has 0 bridgehead atoms. The molecule has 1 aliphatic heterocycles. The van der Waals surface area contributed by atoms with Crippen LogP contribution in [0.25, 0.3) is 0 Å². The molecule has 132 valence electrons. The summed E-state index contributed by atoms with van der Waals surface area (Å²) in [6.45, 7) is 6.54. The number of hydrogen-bond donors (Lipinski definition) is 1. The number of benzene rings is 1. The number of nitrogens with one attached hydrogen (secondary N) is 1. The van der Waals surface area contributed by atoms with Gasteiger partial charge in [0.2, 0.25) is 6.10 Å². The minimum atomic E-state index is -0.728. The van der Waals surface area contributed by atoms with Crippen LogP contribution >= 0.6 is 0 Å². The van der Waals surface area contributed by atoms with E-state index in [1.807, 2.05) is 48.1 Å². The van der Waals surface area contributed by atoms with E-state index >= 15 is 0 Å². The number of hydrogen-bond acceptors (Lipinski definition) is 4. The van der Waals surface area contributed by atoms with E-state index in [4.69, 9.17) is 9.47 Å². The molecule has 2 heterocycles. The van der Waals surface area contributed by atoms with Gasteiger partial charge in [-0.1, -0.05) is 26.8 Å². The van der Waals surface area contributed by atoms with Crippen molar-refractivity contribution in [2.24, 2.45) is 12.1 Å². The lowest BCUT2D eigenvalue weighted by Gasteiger charge is -2.27. The number of rotatable bonds is 3. The zero-order chi connectivity index (χ0) is 18.0. The maximum Gasteiger partial charge on any atom is 0.284 e. The van der Waals surface area contributed by atoms with Gasteiger partial charge in [0.25, 0.3) is 5.91 Å². The van der Waals surface area contributed by atoms with E-state index in [1.54, 1.807) is 6.21 Å². The maximum atomic E-state index is 12.3. The van der Waals surface area contributed by atoms with Crippen LogP contribution < -0.4 is 14.9 Å². The lowest BCUT2D eigenvalue weighted by atomic mass is 9.87. The molecular weight excluding hydrogens is 318 g/mol. The summed E-state index contributed by atoms with van der Waals surface area (Å²) in [4.78, 5) is 12.3. The Hall–Kier alpha value is -2.76. The molecule has 0 saturated heterocycles. The largest absolute Gasteiger partial charge is 0.485 e. The average Bonchev–Trinajstić information content (AvgIpc) is 2.98. The monoisotopic (exact) mass is 341 g/mol. The van der Waals surface area contributed by atoms with E-state index in [9.17, 15) is 4.79 Å². The van der Waals surface area contributed by atoms with Crippen LogP contribution in [0.5, 0.6) is 11.5 Å². The summed E-state index contributed by atoms with van der Waals surface area (Å²) in [6, 6.07) is 9.65. The van der Waals surface area contributed by atoms with Gasteiger partial charge in [-0.2, -0.15) is 5.10 Å². The number of aryl methyl sites for hydroxylation is 1. The van der Waals surface area contributed by atoms with Gasteiger partial charge in [0.1, 0.15) is 6.61 Å². The van der Waals surface area contributed by atoms with Crippen molar-refractivity contribution in [2.45, 2.75) is 32.3 Å². The fraction of sp³-hybridized carbons (Fsp3) is 0.368. The number of hydrazone groups is 1. The number of aromatic nitrogens is 1. The molecule has 0 fully saturated rings. The molecule has 0 saturated carbocycles. The van der Waals surface area contributed by atoms with Gasteiger partial charge in [-0.05, 0) is 35.2 Å². The van der Waals surface area contributed by atoms with Gasteiger partial charge in [0.15, 0.2) is 11.5 Å². The molecule has 1 aliphatic rings. The summed E-state index contributed by atoms with van der Waals surface area (Å²) in [7, 11) is 1.91. The van der Waals surface area contributed by atoms with Crippen molar-refractivity contribution in [1.82, 2.24) is 9.99 Å². The first-order valence-corrected chi connectivity index (χ1v) is 8.23. The van der Waals surface area contributed by atoms with E-state index in [0.29, 0.717) is 11.5 Å². The summed E-state index contributed by atoms with van der Waals surface area (Å²) in [6.07, 6.45) is 2.77. The van der Waals surface area contributed by atoms with Gasteiger partial charge >= 0.3 is 0 Å². The average molecular weight is 341 g/mol. The Morgan fingerprint density at radius 2 is 2.12 bits per heavy atom. The van der Waals surface area contributed by atoms with Crippen LogP contribution in [-0.2, 0) is 17.3 Å². The second-order valence-electron chi connectivity index (χ2n) is 7.11. The lowest BCUT2D eigenvalue weighted by Crippen LogP contribution is -2.42. The normalized spacial score (nSPS) is 16.9. The van der Waals surface area contributed by atoms with Crippen molar-refractivity contribution >= 4 is 12.1 Å². The summed E-state index contributed by atoms with van der Waals surface area (Å²) >= 11 is 0. The van der Waals surface area contributed by atoms with Gasteiger partial charge in [0.05, 0.1) is 11.9 Å². The molecule has 1 N–H and O–H groups in total. The topological polar surface area (TPSA) is 64.9 Å². The molecule has 25 heavy (non-hydrogen) atoms. The van der Waals surface area contributed by atoms with Crippen LogP contribution in [0.4, 0.5) is 0 Å². The molecule has 0 spiro atoms. The van der Waals surface area contributed by atoms with Gasteiger partial charge in [-0.3, -0.25) is 4.79 Å². The van der Waals surface area contributed by atoms with E-state index in [2.05, 4.69) is 31.3 Å². The zero-order valence-electron chi connectivity index (χ0n) is 14.9. The molecule has 1 aromatic heterocycles. The van der Waals surface area contributed by atoms with Crippen LogP contribution in [0.15, 0.2) is 41.6 Å². The van der Waals surface area contributed by atoms with E-state index < -0.39 is 6.10 Å². The fourth-order valence-electron chi connectivity index (χ4n) is 2.51. The predicted octanol–water partition coefficient (Wildman–Crippen LogP) is 2.61. The predicted molar refractivity (Wildman–Crippen MR) is 96.2 cm³/mol. The summed E-state index contributed by atoms with van der Waals surface area (Å²) < 4.78 is 13.4. The fourth-order valence-corrected chi connectivity index (χ4v) is 2.51. The molecule has 1 amide bonds. The molecular formula is C19H23N3O3. The van der Waals surface area contributed by atoms with Crippen LogP contribution in [0, 0.1) is 0 Å². The highest BCUT2D eigenvalue weighted by atomic mass is 16.6. The lowest BCUT2D eigenvalue weighted by molar-refractivity contribution is -0.130. The van der Waals surface area contributed by atoms with Crippen LogP contribution in [0.3, 0.4) is 0 Å². The minimum Gasteiger partial charge on any atom is -0.485 e. The molecule has 0 aliphatic carbocycles. The quantitative estimate of drug-likeness (QED) is 0.689. The molecule has 6 heteroatoms. The maximum absolute atomic E-state index is 12.3. The van der Waals surface area contributed by atoms with Crippen LogP contribution in [0.1, 0.15) is 32.0 Å². The molecule has 0 radical (unpaired) electrons. The number of carbonyl (C=O) groups is 1. The Balaban J connectivity index is 1.66. The SMILES string of the molecule is Cn1cccc1C=NNC(=O)[C@@H]1COc2ccc(C(C)(C)C)cc2O1. The molecule has 1 atom stereocenters. The first-order chi connectivity index (χ1) is 11.8. The third-order valence-corrected chi connectivity index (χ3v) is 4.12. The Kier molecular flexibility index (Phi) is 4.53. The van der Waals surface area contributed by atoms with Crippen molar-refractivity contribution in [3.8, 4) is 11.5 Å². The number of ether oxygens (including phenoxy) is 2. The van der Waals surface area contributed by atoms with Gasteiger partial charge in [-0.25, -0.2) is 5.43 Å². The van der Waals surface area contributed by atoms with Crippen molar-refractivity contribution in [3.05, 3.63) is 47.8 Å². The van der Waals surface area contributed by atoms with Crippen molar-refractivity contribution in [2.75, 3.05) is 6.61 Å². The number of fused-ring (bicyclic) bond motifs is 1. The first kappa shape index (κ1) is 17.1. The molecule has 0 unspecified atom stereocenters. The number of nitrogens with zero attached hydrogens (tertiary/aromatic N) is 2. The summed E-state index contributed by atoms with van der Waals surface area (Å²) in [5, 5.41) is 3.98. The van der Waals surface area contributed by atoms with Gasteiger partial charge in [-0.15, -0.1) is 0 Å². The highest BCUT2D eigenvalue weighted by molar-refractivity contribution is 5.84. The van der Waals surface area contributed by atoms with E-state index in [0.717, 1.165) is 11.3 Å². The second kappa shape index (κ2) is 6.63. The molecule has 6 nitrogen and oxygen atoms in total. The Labute approximate surface area is 147 Å². The van der Waals surface area contributed by atoms with Crippen molar-refractivity contribution in [3.63, 3.8) is 0 Å². The van der Waals surface area contributed by atoms with E-state index in [1.165, 1.54) is 0 Å². The third-order valence-electron chi connectivity index (χ3n) is 4.12. The van der Waals surface area contributed by atoms with Crippen LogP contribution in [-0.4, -0.2) is 29.4 Å². The van der Waals surface area contributed by atoms with Gasteiger partial charge in [0, 0.05) is 13.2 Å². The summed E-state index contributed by atoms with van der Waals surface area (Å²) in [5.41, 5.74) is 4.51. The Bertz CT molecular complexity index is 802. The van der Waals surface area contributed by atoms with Crippen LogP contribution in [0.2, 0.25) is 0 Å². The number of amides is 1. The second-order valence-corrected chi connectivity index (χ2v) is 7.11. The Morgan fingerprint density at radius 1 is 1.32 bits per heavy atom.